The van der Waals surface area contributed by atoms with Gasteiger partial charge in [0.2, 0.25) is 0 Å². The molecule has 106 valence electrons. The van der Waals surface area contributed by atoms with E-state index in [0.29, 0.717) is 0 Å². The van der Waals surface area contributed by atoms with Crippen molar-refractivity contribution in [2.24, 2.45) is 5.92 Å². The summed E-state index contributed by atoms with van der Waals surface area (Å²) in [7, 11) is 1.36. The molecule has 0 unspecified atom stereocenters. The van der Waals surface area contributed by atoms with E-state index in [4.69, 9.17) is 9.84 Å². The number of ether oxygens (including phenoxy) is 1. The quantitative estimate of drug-likeness (QED) is 0.644. The third kappa shape index (κ3) is 2.40. The number of nitro groups is 1. The largest absolute Gasteiger partial charge is 0.496 e. The smallest absolute Gasteiger partial charge is 0.310 e. The van der Waals surface area contributed by atoms with Crippen LogP contribution in [-0.2, 0) is 4.79 Å². The molecule has 1 aromatic rings. The molecule has 1 aromatic carbocycles. The van der Waals surface area contributed by atoms with Gasteiger partial charge < -0.3 is 14.7 Å². The summed E-state index contributed by atoms with van der Waals surface area (Å²) in [5.74, 6) is -1.79. The Hall–Kier alpha value is -2.64. The Balaban J connectivity index is 2.23. The van der Waals surface area contributed by atoms with Crippen LogP contribution in [0.3, 0.4) is 0 Å². The summed E-state index contributed by atoms with van der Waals surface area (Å²) in [5, 5.41) is 19.5. The molecule has 1 amide bonds. The Labute approximate surface area is 113 Å². The lowest BCUT2D eigenvalue weighted by Crippen LogP contribution is -2.53. The molecule has 1 saturated heterocycles. The number of nitrogens with zero attached hydrogens (tertiary/aromatic N) is 2. The van der Waals surface area contributed by atoms with Crippen molar-refractivity contribution in [1.82, 2.24) is 4.90 Å². The maximum absolute atomic E-state index is 12.2. The summed E-state index contributed by atoms with van der Waals surface area (Å²) in [6, 6.07) is 3.72. The number of nitro benzene ring substituents is 1. The molecule has 8 heteroatoms. The molecule has 0 atom stereocenters. The van der Waals surface area contributed by atoms with Gasteiger partial charge in [-0.2, -0.15) is 0 Å². The molecule has 1 heterocycles. The SMILES string of the molecule is COc1ccc([N+](=O)[O-])cc1C(=O)N1CC(C(=O)O)C1. The Morgan fingerprint density at radius 3 is 2.60 bits per heavy atom. The molecule has 20 heavy (non-hydrogen) atoms. The molecule has 1 aliphatic heterocycles. The van der Waals surface area contributed by atoms with E-state index in [2.05, 4.69) is 0 Å². The number of rotatable bonds is 4. The zero-order valence-corrected chi connectivity index (χ0v) is 10.6. The molecule has 0 bridgehead atoms. The molecule has 0 aromatic heterocycles. The van der Waals surface area contributed by atoms with Gasteiger partial charge in [-0.25, -0.2) is 0 Å². The van der Waals surface area contributed by atoms with Crippen LogP contribution in [0.2, 0.25) is 0 Å². The zero-order chi connectivity index (χ0) is 14.9. The van der Waals surface area contributed by atoms with Crippen molar-refractivity contribution in [3.63, 3.8) is 0 Å². The number of carbonyl (C=O) groups is 2. The number of carboxylic acid groups (broad SMARTS) is 1. The van der Waals surface area contributed by atoms with Crippen LogP contribution in [0.1, 0.15) is 10.4 Å². The fraction of sp³-hybridized carbons (Fsp3) is 0.333. The minimum absolute atomic E-state index is 0.0607. The van der Waals surface area contributed by atoms with Crippen molar-refractivity contribution >= 4 is 17.6 Å². The number of likely N-dealkylation sites (tertiary alicyclic amines) is 1. The number of hydrogen-bond acceptors (Lipinski definition) is 5. The number of methoxy groups -OCH3 is 1. The van der Waals surface area contributed by atoms with Crippen molar-refractivity contribution in [2.45, 2.75) is 0 Å². The number of non-ortho nitro benzene ring substituents is 1. The zero-order valence-electron chi connectivity index (χ0n) is 10.6. The highest BCUT2D eigenvalue weighted by molar-refractivity contribution is 5.98. The summed E-state index contributed by atoms with van der Waals surface area (Å²) >= 11 is 0. The molecule has 8 nitrogen and oxygen atoms in total. The van der Waals surface area contributed by atoms with Gasteiger partial charge in [0.15, 0.2) is 0 Å². The molecule has 1 fully saturated rings. The van der Waals surface area contributed by atoms with Crippen LogP contribution in [0.4, 0.5) is 5.69 Å². The summed E-state index contributed by atoms with van der Waals surface area (Å²) in [5.41, 5.74) is -0.157. The van der Waals surface area contributed by atoms with Crippen LogP contribution in [0.5, 0.6) is 5.75 Å². The highest BCUT2D eigenvalue weighted by Crippen LogP contribution is 2.28. The standard InChI is InChI=1S/C12H12N2O6/c1-20-10-3-2-8(14(18)19)4-9(10)11(15)13-5-7(6-13)12(16)17/h2-4,7H,5-6H2,1H3,(H,16,17). The number of amides is 1. The van der Waals surface area contributed by atoms with E-state index in [0.717, 1.165) is 6.07 Å². The molecular weight excluding hydrogens is 268 g/mol. The third-order valence-electron chi connectivity index (χ3n) is 3.14. The molecule has 0 radical (unpaired) electrons. The van der Waals surface area contributed by atoms with Crippen LogP contribution >= 0.6 is 0 Å². The Morgan fingerprint density at radius 1 is 1.45 bits per heavy atom. The van der Waals surface area contributed by atoms with E-state index in [1.165, 1.54) is 24.1 Å². The second-order valence-corrected chi connectivity index (χ2v) is 4.39. The van der Waals surface area contributed by atoms with E-state index >= 15 is 0 Å². The summed E-state index contributed by atoms with van der Waals surface area (Å²) in [6.07, 6.45) is 0. The van der Waals surface area contributed by atoms with Gasteiger partial charge in [-0.05, 0) is 6.07 Å². The van der Waals surface area contributed by atoms with E-state index in [-0.39, 0.29) is 30.1 Å². The first kappa shape index (κ1) is 13.8. The second kappa shape index (κ2) is 5.16. The topological polar surface area (TPSA) is 110 Å². The average Bonchev–Trinajstić information content (AvgIpc) is 2.35. The van der Waals surface area contributed by atoms with E-state index in [9.17, 15) is 19.7 Å². The van der Waals surface area contributed by atoms with Crippen LogP contribution in [-0.4, -0.2) is 47.0 Å². The highest BCUT2D eigenvalue weighted by atomic mass is 16.6. The first-order chi connectivity index (χ1) is 9.43. The van der Waals surface area contributed by atoms with E-state index < -0.39 is 22.7 Å². The van der Waals surface area contributed by atoms with Gasteiger partial charge in [0.1, 0.15) is 5.75 Å². The summed E-state index contributed by atoms with van der Waals surface area (Å²) in [4.78, 5) is 34.3. The normalized spacial score (nSPS) is 14.6. The van der Waals surface area contributed by atoms with Crippen molar-refractivity contribution in [2.75, 3.05) is 20.2 Å². The van der Waals surface area contributed by atoms with Crippen LogP contribution < -0.4 is 4.74 Å². The molecule has 0 saturated carbocycles. The number of hydrogen-bond donors (Lipinski definition) is 1. The molecule has 1 N–H and O–H groups in total. The predicted molar refractivity (Wildman–Crippen MR) is 66.7 cm³/mol. The molecular formula is C12H12N2O6. The minimum atomic E-state index is -0.958. The first-order valence-corrected chi connectivity index (χ1v) is 5.78. The molecule has 2 rings (SSSR count). The van der Waals surface area contributed by atoms with Crippen molar-refractivity contribution in [3.05, 3.63) is 33.9 Å². The number of aliphatic carboxylic acids is 1. The molecule has 0 spiro atoms. The lowest BCUT2D eigenvalue weighted by Gasteiger charge is -2.36. The van der Waals surface area contributed by atoms with Gasteiger partial charge >= 0.3 is 5.97 Å². The van der Waals surface area contributed by atoms with Gasteiger partial charge in [0.25, 0.3) is 11.6 Å². The molecule has 0 aliphatic carbocycles. The van der Waals surface area contributed by atoms with E-state index in [1.54, 1.807) is 0 Å². The maximum Gasteiger partial charge on any atom is 0.310 e. The van der Waals surface area contributed by atoms with Crippen LogP contribution in [0, 0.1) is 16.0 Å². The van der Waals surface area contributed by atoms with Crippen LogP contribution in [0.15, 0.2) is 18.2 Å². The number of benzene rings is 1. The monoisotopic (exact) mass is 280 g/mol. The minimum Gasteiger partial charge on any atom is -0.496 e. The Bertz CT molecular complexity index is 579. The van der Waals surface area contributed by atoms with Crippen LogP contribution in [0.25, 0.3) is 0 Å². The van der Waals surface area contributed by atoms with Crippen molar-refractivity contribution in [1.29, 1.82) is 0 Å². The third-order valence-corrected chi connectivity index (χ3v) is 3.14. The predicted octanol–water partition coefficient (Wildman–Crippen LogP) is 0.760. The highest BCUT2D eigenvalue weighted by Gasteiger charge is 2.37. The summed E-state index contributed by atoms with van der Waals surface area (Å²) in [6.45, 7) is 0.194. The van der Waals surface area contributed by atoms with Gasteiger partial charge in [-0.15, -0.1) is 0 Å². The number of carboxylic acids is 1. The van der Waals surface area contributed by atoms with Gasteiger partial charge in [0, 0.05) is 25.2 Å². The average molecular weight is 280 g/mol. The lowest BCUT2D eigenvalue weighted by molar-refractivity contribution is -0.384. The Kier molecular flexibility index (Phi) is 3.55. The fourth-order valence-corrected chi connectivity index (χ4v) is 1.95. The Morgan fingerprint density at radius 2 is 2.10 bits per heavy atom. The summed E-state index contributed by atoms with van der Waals surface area (Å²) < 4.78 is 5.01. The van der Waals surface area contributed by atoms with Gasteiger partial charge in [-0.1, -0.05) is 0 Å². The van der Waals surface area contributed by atoms with E-state index in [1.807, 2.05) is 0 Å². The second-order valence-electron chi connectivity index (χ2n) is 4.39. The first-order valence-electron chi connectivity index (χ1n) is 5.78. The fourth-order valence-electron chi connectivity index (χ4n) is 1.95. The van der Waals surface area contributed by atoms with Crippen molar-refractivity contribution < 1.29 is 24.4 Å². The van der Waals surface area contributed by atoms with Gasteiger partial charge in [-0.3, -0.25) is 19.7 Å². The maximum atomic E-state index is 12.2. The van der Waals surface area contributed by atoms with Crippen molar-refractivity contribution in [3.8, 4) is 5.75 Å². The number of carbonyl (C=O) groups excluding carboxylic acids is 1. The molecule has 1 aliphatic rings. The lowest BCUT2D eigenvalue weighted by atomic mass is 9.99. The van der Waals surface area contributed by atoms with Gasteiger partial charge in [0.05, 0.1) is 23.5 Å².